The summed E-state index contributed by atoms with van der Waals surface area (Å²) in [7, 11) is 0. The normalized spacial score (nSPS) is 44.8. The summed E-state index contributed by atoms with van der Waals surface area (Å²) in [6.07, 6.45) is 6.39. The Balaban J connectivity index is 2.07. The lowest BCUT2D eigenvalue weighted by Gasteiger charge is -2.42. The van der Waals surface area contributed by atoms with Gasteiger partial charge in [-0.2, -0.15) is 0 Å². The Labute approximate surface area is 75.4 Å². The smallest absolute Gasteiger partial charge is 0.00450 e. The van der Waals surface area contributed by atoms with E-state index < -0.39 is 0 Å². The zero-order chi connectivity index (χ0) is 8.77. The van der Waals surface area contributed by atoms with Crippen molar-refractivity contribution >= 4 is 0 Å². The Kier molecular flexibility index (Phi) is 1.70. The summed E-state index contributed by atoms with van der Waals surface area (Å²) in [5.74, 6) is 1.71. The van der Waals surface area contributed by atoms with E-state index in [2.05, 4.69) is 32.6 Å². The summed E-state index contributed by atoms with van der Waals surface area (Å²) in [6.45, 7) is 6.99. The molecule has 0 amide bonds. The average Bonchev–Trinajstić information content (AvgIpc) is 2.75. The Morgan fingerprint density at radius 3 is 2.50 bits per heavy atom. The topological polar surface area (TPSA) is 0 Å². The predicted molar refractivity (Wildman–Crippen MR) is 51.9 cm³/mol. The maximum Gasteiger partial charge on any atom is -0.00450 e. The maximum absolute atomic E-state index is 3.47. The molecule has 66 valence electrons. The molecule has 2 rings (SSSR count). The van der Waals surface area contributed by atoms with Gasteiger partial charge in [-0.25, -0.2) is 0 Å². The van der Waals surface area contributed by atoms with Crippen LogP contribution in [0.5, 0.6) is 0 Å². The summed E-state index contributed by atoms with van der Waals surface area (Å²) >= 11 is 0. The van der Waals surface area contributed by atoms with Gasteiger partial charge in [-0.1, -0.05) is 20.8 Å². The number of rotatable bonds is 1. The lowest BCUT2D eigenvalue weighted by molar-refractivity contribution is 0.125. The van der Waals surface area contributed by atoms with Crippen LogP contribution in [0.2, 0.25) is 0 Å². The van der Waals surface area contributed by atoms with Crippen LogP contribution in [0.4, 0.5) is 0 Å². The van der Waals surface area contributed by atoms with Gasteiger partial charge < -0.3 is 0 Å². The summed E-state index contributed by atoms with van der Waals surface area (Å²) in [4.78, 5) is 0. The molecular formula is C12H18. The minimum absolute atomic E-state index is 0.481. The minimum atomic E-state index is 0.481. The van der Waals surface area contributed by atoms with E-state index in [9.17, 15) is 0 Å². The van der Waals surface area contributed by atoms with Gasteiger partial charge in [-0.05, 0) is 48.2 Å². The van der Waals surface area contributed by atoms with E-state index in [1.54, 1.807) is 0 Å². The molecule has 2 fully saturated rings. The molecule has 0 radical (unpaired) electrons. The number of allylic oxidation sites excluding steroid dienone is 1. The second-order valence-electron chi connectivity index (χ2n) is 4.86. The molecule has 12 heavy (non-hydrogen) atoms. The fourth-order valence-electron chi connectivity index (χ4n) is 1.83. The monoisotopic (exact) mass is 162 g/mol. The van der Waals surface area contributed by atoms with Gasteiger partial charge in [0, 0.05) is 0 Å². The third-order valence-electron chi connectivity index (χ3n) is 3.79. The lowest BCUT2D eigenvalue weighted by atomic mass is 9.62. The van der Waals surface area contributed by atoms with E-state index in [1.807, 2.05) is 0 Å². The van der Waals surface area contributed by atoms with Crippen molar-refractivity contribution in [1.29, 1.82) is 0 Å². The van der Waals surface area contributed by atoms with Crippen LogP contribution in [-0.2, 0) is 0 Å². The first kappa shape index (κ1) is 8.13. The molecule has 0 heterocycles. The van der Waals surface area contributed by atoms with Crippen LogP contribution in [0.15, 0.2) is 17.4 Å². The molecule has 2 aliphatic rings. The first-order valence-corrected chi connectivity index (χ1v) is 5.08. The van der Waals surface area contributed by atoms with Crippen molar-refractivity contribution in [2.24, 2.45) is 17.3 Å². The molecule has 0 N–H and O–H groups in total. The van der Waals surface area contributed by atoms with Crippen molar-refractivity contribution in [1.82, 2.24) is 0 Å². The van der Waals surface area contributed by atoms with Crippen molar-refractivity contribution in [2.75, 3.05) is 0 Å². The van der Waals surface area contributed by atoms with E-state index in [0.717, 1.165) is 11.8 Å². The average molecular weight is 162 g/mol. The van der Waals surface area contributed by atoms with Crippen molar-refractivity contribution in [3.63, 3.8) is 0 Å². The maximum atomic E-state index is 3.47. The molecule has 0 aromatic carbocycles. The Hall–Kier alpha value is -0.480. The van der Waals surface area contributed by atoms with Crippen molar-refractivity contribution in [3.05, 3.63) is 17.4 Å². The van der Waals surface area contributed by atoms with E-state index in [4.69, 9.17) is 0 Å². The van der Waals surface area contributed by atoms with Crippen LogP contribution in [0.1, 0.15) is 40.0 Å². The van der Waals surface area contributed by atoms with Crippen LogP contribution in [0.25, 0.3) is 0 Å². The van der Waals surface area contributed by atoms with Gasteiger partial charge in [0.1, 0.15) is 0 Å². The fraction of sp³-hybridized carbons (Fsp3) is 0.750. The van der Waals surface area contributed by atoms with Crippen LogP contribution in [-0.4, -0.2) is 0 Å². The third-order valence-corrected chi connectivity index (χ3v) is 3.79. The highest BCUT2D eigenvalue weighted by Gasteiger charge is 2.37. The van der Waals surface area contributed by atoms with Crippen molar-refractivity contribution in [2.45, 2.75) is 40.0 Å². The van der Waals surface area contributed by atoms with Crippen molar-refractivity contribution in [3.8, 4) is 0 Å². The number of hydrogen-bond donors (Lipinski definition) is 0. The van der Waals surface area contributed by atoms with Gasteiger partial charge in [0.25, 0.3) is 0 Å². The molecule has 0 spiro atoms. The predicted octanol–water partition coefficient (Wildman–Crippen LogP) is 3.54. The molecule has 3 unspecified atom stereocenters. The summed E-state index contributed by atoms with van der Waals surface area (Å²) in [5.41, 5.74) is 5.49. The zero-order valence-electron chi connectivity index (χ0n) is 8.35. The molecular weight excluding hydrogens is 144 g/mol. The largest absolute Gasteiger partial charge is 0.125 e. The Bertz CT molecular complexity index is 255. The van der Waals surface area contributed by atoms with E-state index in [0.29, 0.717) is 5.41 Å². The molecule has 0 heteroatoms. The van der Waals surface area contributed by atoms with Gasteiger partial charge in [-0.15, -0.1) is 5.73 Å². The highest BCUT2D eigenvalue weighted by molar-refractivity contribution is 5.22. The highest BCUT2D eigenvalue weighted by atomic mass is 14.4. The van der Waals surface area contributed by atoms with E-state index in [-0.39, 0.29) is 0 Å². The Morgan fingerprint density at radius 1 is 1.50 bits per heavy atom. The second-order valence-corrected chi connectivity index (χ2v) is 4.86. The van der Waals surface area contributed by atoms with Gasteiger partial charge in [0.05, 0.1) is 0 Å². The molecule has 0 aromatic rings. The molecule has 2 aliphatic carbocycles. The molecule has 0 nitrogen and oxygen atoms in total. The van der Waals surface area contributed by atoms with Gasteiger partial charge in [-0.3, -0.25) is 0 Å². The molecule has 3 atom stereocenters. The lowest BCUT2D eigenvalue weighted by Crippen LogP contribution is -2.33. The van der Waals surface area contributed by atoms with Gasteiger partial charge in [0.2, 0.25) is 0 Å². The molecule has 0 aliphatic heterocycles. The quantitative estimate of drug-likeness (QED) is 0.517. The fourth-order valence-corrected chi connectivity index (χ4v) is 1.83. The molecule has 0 aromatic heterocycles. The summed E-state index contributed by atoms with van der Waals surface area (Å²) in [5, 5.41) is 0. The molecule has 0 bridgehead atoms. The summed E-state index contributed by atoms with van der Waals surface area (Å²) in [6, 6.07) is 0. The highest BCUT2D eigenvalue weighted by Crippen LogP contribution is 2.47. The standard InChI is InChI=1S/C12H18/c1-9-8-11(9)5-7-12(3)6-4-10(12)2/h7,9-10H,4,6,8H2,1-3H3. The first-order valence-electron chi connectivity index (χ1n) is 5.08. The Morgan fingerprint density at radius 2 is 2.17 bits per heavy atom. The number of hydrogen-bond acceptors (Lipinski definition) is 0. The van der Waals surface area contributed by atoms with Crippen LogP contribution in [0, 0.1) is 17.3 Å². The zero-order valence-corrected chi connectivity index (χ0v) is 8.35. The van der Waals surface area contributed by atoms with Crippen LogP contribution in [0.3, 0.4) is 0 Å². The van der Waals surface area contributed by atoms with E-state index in [1.165, 1.54) is 24.8 Å². The van der Waals surface area contributed by atoms with Crippen LogP contribution < -0.4 is 0 Å². The van der Waals surface area contributed by atoms with Gasteiger partial charge >= 0.3 is 0 Å². The molecule has 0 saturated heterocycles. The first-order chi connectivity index (χ1) is 5.62. The summed E-state index contributed by atoms with van der Waals surface area (Å²) < 4.78 is 0. The van der Waals surface area contributed by atoms with Crippen LogP contribution >= 0.6 is 0 Å². The minimum Gasteiger partial charge on any atom is -0.125 e. The second kappa shape index (κ2) is 2.50. The molecule has 2 saturated carbocycles. The van der Waals surface area contributed by atoms with Crippen molar-refractivity contribution < 1.29 is 0 Å². The third kappa shape index (κ3) is 1.25. The SMILES string of the molecule is CC1CC1=C=CC1(C)CCC1C. The van der Waals surface area contributed by atoms with E-state index >= 15 is 0 Å². The van der Waals surface area contributed by atoms with Gasteiger partial charge in [0.15, 0.2) is 0 Å².